The van der Waals surface area contributed by atoms with Gasteiger partial charge in [-0.15, -0.1) is 0 Å². The fraction of sp³-hybridized carbons (Fsp3) is 0.400. The summed E-state index contributed by atoms with van der Waals surface area (Å²) in [6, 6.07) is 14.7. The van der Waals surface area contributed by atoms with Crippen molar-refractivity contribution in [3.05, 3.63) is 70.3 Å². The van der Waals surface area contributed by atoms with E-state index in [2.05, 4.69) is 50.2 Å². The van der Waals surface area contributed by atoms with Crippen molar-refractivity contribution in [2.75, 3.05) is 0 Å². The highest BCUT2D eigenvalue weighted by molar-refractivity contribution is 5.44. The molecule has 1 N–H and O–H groups in total. The van der Waals surface area contributed by atoms with Gasteiger partial charge in [0.2, 0.25) is 0 Å². The zero-order chi connectivity index (χ0) is 15.0. The maximum Gasteiger partial charge on any atom is 0.112 e. The third-order valence-corrected chi connectivity index (χ3v) is 5.10. The van der Waals surface area contributed by atoms with Crippen LogP contribution in [0.25, 0.3) is 0 Å². The van der Waals surface area contributed by atoms with Gasteiger partial charge in [0.15, 0.2) is 0 Å². The predicted molar refractivity (Wildman–Crippen MR) is 87.6 cm³/mol. The van der Waals surface area contributed by atoms with Crippen LogP contribution in [-0.2, 0) is 5.60 Å². The van der Waals surface area contributed by atoms with E-state index in [-0.39, 0.29) is 0 Å². The van der Waals surface area contributed by atoms with E-state index in [1.54, 1.807) is 0 Å². The first kappa shape index (κ1) is 14.3. The maximum absolute atomic E-state index is 11.2. The van der Waals surface area contributed by atoms with Crippen molar-refractivity contribution in [1.29, 1.82) is 0 Å². The van der Waals surface area contributed by atoms with Crippen molar-refractivity contribution in [2.24, 2.45) is 0 Å². The third-order valence-electron chi connectivity index (χ3n) is 5.10. The van der Waals surface area contributed by atoms with E-state index in [1.807, 2.05) is 13.0 Å². The predicted octanol–water partition coefficient (Wildman–Crippen LogP) is 4.83. The van der Waals surface area contributed by atoms with Crippen LogP contribution in [0.15, 0.2) is 42.5 Å². The van der Waals surface area contributed by atoms with Crippen LogP contribution in [0.4, 0.5) is 0 Å². The summed E-state index contributed by atoms with van der Waals surface area (Å²) in [5, 5.41) is 11.2. The van der Waals surface area contributed by atoms with Gasteiger partial charge >= 0.3 is 0 Å². The van der Waals surface area contributed by atoms with E-state index in [1.165, 1.54) is 36.0 Å². The van der Waals surface area contributed by atoms with Gasteiger partial charge in [-0.1, -0.05) is 48.9 Å². The van der Waals surface area contributed by atoms with Gasteiger partial charge in [0, 0.05) is 0 Å². The Bertz CT molecular complexity index is 651. The molecule has 1 atom stereocenters. The highest BCUT2D eigenvalue weighted by Gasteiger charge is 2.32. The summed E-state index contributed by atoms with van der Waals surface area (Å²) in [7, 11) is 0. The topological polar surface area (TPSA) is 20.2 Å². The van der Waals surface area contributed by atoms with Gasteiger partial charge < -0.3 is 5.11 Å². The van der Waals surface area contributed by atoms with Crippen LogP contribution in [0.5, 0.6) is 0 Å². The third kappa shape index (κ3) is 2.51. The highest BCUT2D eigenvalue weighted by atomic mass is 16.3. The van der Waals surface area contributed by atoms with Gasteiger partial charge in [0.1, 0.15) is 5.60 Å². The Morgan fingerprint density at radius 2 is 1.71 bits per heavy atom. The average Bonchev–Trinajstić information content (AvgIpc) is 2.40. The molecule has 0 heterocycles. The average molecular weight is 280 g/mol. The second-order valence-corrected chi connectivity index (χ2v) is 6.59. The van der Waals surface area contributed by atoms with Gasteiger partial charge in [-0.05, 0) is 67.3 Å². The minimum absolute atomic E-state index is 0.624. The normalized spacial score (nSPS) is 18.1. The maximum atomic E-state index is 11.2. The van der Waals surface area contributed by atoms with Crippen molar-refractivity contribution in [2.45, 2.75) is 51.6 Å². The molecule has 1 heteroatoms. The molecule has 0 aliphatic heterocycles. The molecule has 1 fully saturated rings. The van der Waals surface area contributed by atoms with Gasteiger partial charge in [-0.3, -0.25) is 0 Å². The lowest BCUT2D eigenvalue weighted by Gasteiger charge is -2.33. The van der Waals surface area contributed by atoms with Crippen LogP contribution in [-0.4, -0.2) is 5.11 Å². The van der Waals surface area contributed by atoms with E-state index in [4.69, 9.17) is 0 Å². The number of aliphatic hydroxyl groups is 1. The van der Waals surface area contributed by atoms with E-state index >= 15 is 0 Å². The van der Waals surface area contributed by atoms with Crippen LogP contribution in [0.2, 0.25) is 0 Å². The van der Waals surface area contributed by atoms with Crippen LogP contribution < -0.4 is 0 Å². The Morgan fingerprint density at radius 3 is 2.33 bits per heavy atom. The Balaban J connectivity index is 2.07. The van der Waals surface area contributed by atoms with Crippen LogP contribution in [0.1, 0.15) is 59.9 Å². The number of hydrogen-bond donors (Lipinski definition) is 1. The zero-order valence-electron chi connectivity index (χ0n) is 13.2. The summed E-state index contributed by atoms with van der Waals surface area (Å²) in [6.45, 7) is 6.14. The number of rotatable bonds is 3. The first-order valence-corrected chi connectivity index (χ1v) is 7.89. The first-order valence-electron chi connectivity index (χ1n) is 7.89. The molecule has 0 spiro atoms. The fourth-order valence-corrected chi connectivity index (χ4v) is 3.22. The molecule has 110 valence electrons. The molecule has 3 rings (SSSR count). The molecule has 0 amide bonds. The van der Waals surface area contributed by atoms with Crippen molar-refractivity contribution in [3.8, 4) is 0 Å². The molecule has 1 aliphatic carbocycles. The van der Waals surface area contributed by atoms with Crippen molar-refractivity contribution in [3.63, 3.8) is 0 Å². The Kier molecular flexibility index (Phi) is 3.62. The van der Waals surface area contributed by atoms with E-state index in [9.17, 15) is 5.11 Å². The fourth-order valence-electron chi connectivity index (χ4n) is 3.22. The summed E-state index contributed by atoms with van der Waals surface area (Å²) >= 11 is 0. The second kappa shape index (κ2) is 5.31. The molecule has 2 aromatic carbocycles. The molecule has 21 heavy (non-hydrogen) atoms. The standard InChI is InChI=1S/C20H24O/c1-14-11-12-17(13-15(14)2)20(3,21)19-10-5-4-9-18(19)16-7-6-8-16/h4-5,9-13,16,21H,6-8H2,1-3H3. The van der Waals surface area contributed by atoms with Gasteiger partial charge in [0.25, 0.3) is 0 Å². The molecule has 1 unspecified atom stereocenters. The Hall–Kier alpha value is -1.60. The monoisotopic (exact) mass is 280 g/mol. The molecule has 0 radical (unpaired) electrons. The lowest BCUT2D eigenvalue weighted by atomic mass is 9.74. The van der Waals surface area contributed by atoms with Crippen LogP contribution in [0.3, 0.4) is 0 Å². The summed E-state index contributed by atoms with van der Waals surface area (Å²) in [5.41, 5.74) is 4.95. The molecule has 2 aromatic rings. The van der Waals surface area contributed by atoms with E-state index in [0.717, 1.165) is 11.1 Å². The molecule has 0 saturated heterocycles. The highest BCUT2D eigenvalue weighted by Crippen LogP contribution is 2.42. The number of benzene rings is 2. The first-order chi connectivity index (χ1) is 10.00. The van der Waals surface area contributed by atoms with Crippen molar-refractivity contribution >= 4 is 0 Å². The van der Waals surface area contributed by atoms with Gasteiger partial charge in [0.05, 0.1) is 0 Å². The molecular weight excluding hydrogens is 256 g/mol. The van der Waals surface area contributed by atoms with E-state index < -0.39 is 5.60 Å². The largest absolute Gasteiger partial charge is 0.381 e. The van der Waals surface area contributed by atoms with Gasteiger partial charge in [-0.25, -0.2) is 0 Å². The van der Waals surface area contributed by atoms with Crippen molar-refractivity contribution < 1.29 is 5.11 Å². The zero-order valence-corrected chi connectivity index (χ0v) is 13.2. The summed E-state index contributed by atoms with van der Waals surface area (Å²) in [6.07, 6.45) is 3.81. The van der Waals surface area contributed by atoms with Crippen LogP contribution >= 0.6 is 0 Å². The SMILES string of the molecule is Cc1ccc(C(C)(O)c2ccccc2C2CCC2)cc1C. The Morgan fingerprint density at radius 1 is 1.00 bits per heavy atom. The summed E-state index contributed by atoms with van der Waals surface area (Å²) in [5.74, 6) is 0.624. The molecule has 0 bridgehead atoms. The molecule has 1 saturated carbocycles. The smallest absolute Gasteiger partial charge is 0.112 e. The van der Waals surface area contributed by atoms with Crippen LogP contribution in [0, 0.1) is 13.8 Å². The Labute approximate surface area is 127 Å². The second-order valence-electron chi connectivity index (χ2n) is 6.59. The minimum Gasteiger partial charge on any atom is -0.381 e. The number of aryl methyl sites for hydroxylation is 2. The van der Waals surface area contributed by atoms with E-state index in [0.29, 0.717) is 5.92 Å². The number of hydrogen-bond acceptors (Lipinski definition) is 1. The molecule has 0 aromatic heterocycles. The molecule has 1 aliphatic rings. The lowest BCUT2D eigenvalue weighted by molar-refractivity contribution is 0.1000. The quantitative estimate of drug-likeness (QED) is 0.854. The molecule has 1 nitrogen and oxygen atoms in total. The minimum atomic E-state index is -0.926. The summed E-state index contributed by atoms with van der Waals surface area (Å²) in [4.78, 5) is 0. The summed E-state index contributed by atoms with van der Waals surface area (Å²) < 4.78 is 0. The van der Waals surface area contributed by atoms with Crippen molar-refractivity contribution in [1.82, 2.24) is 0 Å². The molecular formula is C20H24O. The lowest BCUT2D eigenvalue weighted by Crippen LogP contribution is -2.26. The van der Waals surface area contributed by atoms with Gasteiger partial charge in [-0.2, -0.15) is 0 Å².